The zero-order valence-corrected chi connectivity index (χ0v) is 9.35. The fraction of sp³-hybridized carbons (Fsp3) is 0.538. The van der Waals surface area contributed by atoms with Gasteiger partial charge in [-0.05, 0) is 17.9 Å². The van der Waals surface area contributed by atoms with E-state index < -0.39 is 6.17 Å². The van der Waals surface area contributed by atoms with Gasteiger partial charge >= 0.3 is 0 Å². The molecule has 88 valence electrons. The molecule has 1 N–H and O–H groups in total. The highest BCUT2D eigenvalue weighted by molar-refractivity contribution is 5.14. The third kappa shape index (κ3) is 3.03. The highest BCUT2D eigenvalue weighted by Gasteiger charge is 2.26. The average Bonchev–Trinajstić information content (AvgIpc) is 2.29. The molecule has 0 saturated carbocycles. The Hall–Kier alpha value is -0.930. The number of aliphatic hydroxyl groups is 1. The zero-order valence-electron chi connectivity index (χ0n) is 9.35. The molecule has 1 aliphatic heterocycles. The summed E-state index contributed by atoms with van der Waals surface area (Å²) in [5.74, 6) is 0.0902. The molecule has 0 radical (unpaired) electrons. The Morgan fingerprint density at radius 2 is 2.00 bits per heavy atom. The minimum Gasteiger partial charge on any atom is -0.396 e. The van der Waals surface area contributed by atoms with Crippen molar-refractivity contribution >= 4 is 0 Å². The Balaban J connectivity index is 1.94. The molecule has 1 aromatic carbocycles. The van der Waals surface area contributed by atoms with Gasteiger partial charge in [0.25, 0.3) is 0 Å². The van der Waals surface area contributed by atoms with E-state index >= 15 is 0 Å². The number of halogens is 1. The molecular weight excluding hydrogens is 205 g/mol. The summed E-state index contributed by atoms with van der Waals surface area (Å²) in [5, 5.41) is 9.10. The summed E-state index contributed by atoms with van der Waals surface area (Å²) in [4.78, 5) is 2.09. The number of rotatable bonds is 3. The minimum atomic E-state index is -0.797. The van der Waals surface area contributed by atoms with Crippen LogP contribution >= 0.6 is 0 Å². The third-order valence-electron chi connectivity index (χ3n) is 3.07. The summed E-state index contributed by atoms with van der Waals surface area (Å²) >= 11 is 0. The summed E-state index contributed by atoms with van der Waals surface area (Å²) < 4.78 is 13.4. The van der Waals surface area contributed by atoms with Crippen molar-refractivity contribution in [2.24, 2.45) is 5.92 Å². The summed E-state index contributed by atoms with van der Waals surface area (Å²) in [6, 6.07) is 10.1. The van der Waals surface area contributed by atoms with Crippen LogP contribution in [-0.2, 0) is 6.54 Å². The Kier molecular flexibility index (Phi) is 3.91. The third-order valence-corrected chi connectivity index (χ3v) is 3.07. The van der Waals surface area contributed by atoms with Gasteiger partial charge in [0.2, 0.25) is 0 Å². The first-order chi connectivity index (χ1) is 7.78. The molecule has 16 heavy (non-hydrogen) atoms. The molecule has 2 nitrogen and oxygen atoms in total. The molecule has 1 saturated heterocycles. The van der Waals surface area contributed by atoms with E-state index in [-0.39, 0.29) is 12.5 Å². The number of hydrogen-bond donors (Lipinski definition) is 1. The zero-order chi connectivity index (χ0) is 11.4. The molecule has 3 heteroatoms. The van der Waals surface area contributed by atoms with Crippen molar-refractivity contribution in [3.05, 3.63) is 35.9 Å². The lowest BCUT2D eigenvalue weighted by molar-refractivity contribution is 0.0610. The lowest BCUT2D eigenvalue weighted by atomic mass is 9.97. The lowest BCUT2D eigenvalue weighted by Gasteiger charge is -2.33. The van der Waals surface area contributed by atoms with Gasteiger partial charge < -0.3 is 5.11 Å². The van der Waals surface area contributed by atoms with E-state index in [0.717, 1.165) is 13.1 Å². The molecule has 1 aromatic rings. The van der Waals surface area contributed by atoms with Gasteiger partial charge in [-0.2, -0.15) is 0 Å². The number of likely N-dealkylation sites (tertiary alicyclic amines) is 1. The van der Waals surface area contributed by atoms with Gasteiger partial charge in [-0.25, -0.2) is 4.39 Å². The Bertz CT molecular complexity index is 317. The summed E-state index contributed by atoms with van der Waals surface area (Å²) in [6.07, 6.45) is -0.295. The van der Waals surface area contributed by atoms with Gasteiger partial charge in [-0.1, -0.05) is 30.3 Å². The number of hydrogen-bond acceptors (Lipinski definition) is 2. The van der Waals surface area contributed by atoms with E-state index in [2.05, 4.69) is 17.0 Å². The van der Waals surface area contributed by atoms with Crippen molar-refractivity contribution in [3.63, 3.8) is 0 Å². The van der Waals surface area contributed by atoms with E-state index in [9.17, 15) is 4.39 Å². The molecule has 2 atom stereocenters. The minimum absolute atomic E-state index is 0.0890. The highest BCUT2D eigenvalue weighted by atomic mass is 19.1. The van der Waals surface area contributed by atoms with Crippen LogP contribution in [0.4, 0.5) is 4.39 Å². The van der Waals surface area contributed by atoms with Gasteiger partial charge in [0.15, 0.2) is 0 Å². The standard InChI is InChI=1S/C13H18FNO/c14-13-6-12(10-16)8-15(9-13)7-11-4-2-1-3-5-11/h1-5,12-13,16H,6-10H2. The van der Waals surface area contributed by atoms with E-state index in [1.54, 1.807) is 0 Å². The van der Waals surface area contributed by atoms with Crippen LogP contribution in [0.2, 0.25) is 0 Å². The topological polar surface area (TPSA) is 23.5 Å². The molecule has 1 aliphatic rings. The highest BCUT2D eigenvalue weighted by Crippen LogP contribution is 2.20. The number of nitrogens with zero attached hydrogens (tertiary/aromatic N) is 1. The number of aliphatic hydroxyl groups excluding tert-OH is 1. The maximum absolute atomic E-state index is 13.4. The normalized spacial score (nSPS) is 26.9. The second-order valence-corrected chi connectivity index (χ2v) is 4.56. The maximum Gasteiger partial charge on any atom is 0.113 e. The second kappa shape index (κ2) is 5.41. The molecule has 2 unspecified atom stereocenters. The van der Waals surface area contributed by atoms with Gasteiger partial charge in [-0.15, -0.1) is 0 Å². The van der Waals surface area contributed by atoms with Crippen LogP contribution in [-0.4, -0.2) is 35.9 Å². The van der Waals surface area contributed by atoms with Crippen molar-refractivity contribution in [2.45, 2.75) is 19.1 Å². The van der Waals surface area contributed by atoms with Crippen LogP contribution in [0, 0.1) is 5.92 Å². The van der Waals surface area contributed by atoms with E-state index in [0.29, 0.717) is 13.0 Å². The lowest BCUT2D eigenvalue weighted by Crippen LogP contribution is -2.42. The van der Waals surface area contributed by atoms with Crippen LogP contribution in [0.15, 0.2) is 30.3 Å². The smallest absolute Gasteiger partial charge is 0.113 e. The van der Waals surface area contributed by atoms with Crippen LogP contribution < -0.4 is 0 Å². The number of alkyl halides is 1. The number of benzene rings is 1. The molecule has 0 spiro atoms. The van der Waals surface area contributed by atoms with E-state index in [1.807, 2.05) is 18.2 Å². The van der Waals surface area contributed by atoms with Crippen molar-refractivity contribution in [3.8, 4) is 0 Å². The first-order valence-electron chi connectivity index (χ1n) is 5.79. The molecule has 2 rings (SSSR count). The van der Waals surface area contributed by atoms with Gasteiger partial charge in [0.1, 0.15) is 6.17 Å². The quantitative estimate of drug-likeness (QED) is 0.845. The van der Waals surface area contributed by atoms with E-state index in [1.165, 1.54) is 5.56 Å². The summed E-state index contributed by atoms with van der Waals surface area (Å²) in [5.41, 5.74) is 1.20. The molecule has 0 bridgehead atoms. The molecule has 0 aromatic heterocycles. The van der Waals surface area contributed by atoms with Crippen molar-refractivity contribution < 1.29 is 9.50 Å². The predicted octanol–water partition coefficient (Wildman–Crippen LogP) is 1.84. The maximum atomic E-state index is 13.4. The van der Waals surface area contributed by atoms with Crippen molar-refractivity contribution in [2.75, 3.05) is 19.7 Å². The SMILES string of the molecule is OCC1CC(F)CN(Cc2ccccc2)C1. The van der Waals surface area contributed by atoms with Gasteiger partial charge in [0.05, 0.1) is 0 Å². The molecular formula is C13H18FNO. The van der Waals surface area contributed by atoms with Crippen molar-refractivity contribution in [1.82, 2.24) is 4.90 Å². The van der Waals surface area contributed by atoms with E-state index in [4.69, 9.17) is 5.11 Å². The fourth-order valence-electron chi connectivity index (χ4n) is 2.33. The molecule has 0 amide bonds. The first kappa shape index (κ1) is 11.6. The van der Waals surface area contributed by atoms with Gasteiger partial charge in [0, 0.05) is 26.2 Å². The molecule has 1 heterocycles. The fourth-order valence-corrected chi connectivity index (χ4v) is 2.33. The Morgan fingerprint density at radius 1 is 1.25 bits per heavy atom. The van der Waals surface area contributed by atoms with Crippen LogP contribution in [0.3, 0.4) is 0 Å². The first-order valence-corrected chi connectivity index (χ1v) is 5.79. The predicted molar refractivity (Wildman–Crippen MR) is 61.8 cm³/mol. The Morgan fingerprint density at radius 3 is 2.69 bits per heavy atom. The van der Waals surface area contributed by atoms with Crippen molar-refractivity contribution in [1.29, 1.82) is 0 Å². The van der Waals surface area contributed by atoms with Crippen LogP contribution in [0.25, 0.3) is 0 Å². The Labute approximate surface area is 95.7 Å². The monoisotopic (exact) mass is 223 g/mol. The number of piperidine rings is 1. The second-order valence-electron chi connectivity index (χ2n) is 4.56. The molecule has 0 aliphatic carbocycles. The molecule has 1 fully saturated rings. The largest absolute Gasteiger partial charge is 0.396 e. The van der Waals surface area contributed by atoms with Crippen LogP contribution in [0.1, 0.15) is 12.0 Å². The van der Waals surface area contributed by atoms with Gasteiger partial charge in [-0.3, -0.25) is 4.90 Å². The van der Waals surface area contributed by atoms with Crippen LogP contribution in [0.5, 0.6) is 0 Å². The summed E-state index contributed by atoms with van der Waals surface area (Å²) in [7, 11) is 0. The average molecular weight is 223 g/mol. The summed E-state index contributed by atoms with van der Waals surface area (Å²) in [6.45, 7) is 2.15.